The number of carbonyl (C=O) groups excluding carboxylic acids is 2. The molecular formula is C34H35Cl3N4O5S. The molecular weight excluding hydrogens is 683 g/mol. The summed E-state index contributed by atoms with van der Waals surface area (Å²) in [6, 6.07) is 26.1. The van der Waals surface area contributed by atoms with Crippen LogP contribution in [-0.2, 0) is 14.8 Å². The van der Waals surface area contributed by atoms with E-state index in [2.05, 4.69) is 20.7 Å². The van der Waals surface area contributed by atoms with E-state index in [1.165, 1.54) is 30.3 Å². The van der Waals surface area contributed by atoms with Gasteiger partial charge in [-0.25, -0.2) is 8.42 Å². The zero-order chi connectivity index (χ0) is 32.5. The van der Waals surface area contributed by atoms with Crippen LogP contribution in [0.25, 0.3) is 0 Å². The minimum Gasteiger partial charge on any atom is -0.454 e. The lowest BCUT2D eigenvalue weighted by Gasteiger charge is -2.24. The normalized spacial score (nSPS) is 13.9. The van der Waals surface area contributed by atoms with E-state index in [-0.39, 0.29) is 51.8 Å². The minimum atomic E-state index is -4.05. The Morgan fingerprint density at radius 2 is 1.53 bits per heavy atom. The Balaban J connectivity index is 0.00000500. The molecule has 0 aromatic heterocycles. The van der Waals surface area contributed by atoms with Gasteiger partial charge in [-0.1, -0.05) is 65.7 Å². The zero-order valence-corrected chi connectivity index (χ0v) is 28.4. The number of hydrogen-bond donors (Lipinski definition) is 4. The molecule has 1 atom stereocenters. The standard InChI is InChI=1S/C34H34Cl2N4O5S.ClH/c35-26-12-15-31(29(36)20-26)45-32-9-5-4-8-30(32)40-46(43,44)27-13-10-25(11-14-27)33(41)39-22-28(24-6-2-1-3-7-24)34(42)38-21-23-16-18-37-19-17-23;/h1-15,20,23,28,37,40H,16-19,21-22H2,(H,38,42)(H,39,41);1H. The van der Waals surface area contributed by atoms with E-state index < -0.39 is 21.8 Å². The number of rotatable bonds is 12. The highest BCUT2D eigenvalue weighted by molar-refractivity contribution is 7.92. The number of amides is 2. The number of hydrogen-bond acceptors (Lipinski definition) is 6. The minimum absolute atomic E-state index is 0. The third-order valence-electron chi connectivity index (χ3n) is 7.68. The molecule has 1 saturated heterocycles. The maximum Gasteiger partial charge on any atom is 0.262 e. The van der Waals surface area contributed by atoms with Crippen molar-refractivity contribution >= 4 is 63.1 Å². The Hall–Kier alpha value is -3.80. The van der Waals surface area contributed by atoms with Crippen molar-refractivity contribution in [3.8, 4) is 11.5 Å². The SMILES string of the molecule is Cl.O=C(NCC(C(=O)NCC1CCNCC1)c1ccccc1)c1ccc(S(=O)(=O)Nc2ccccc2Oc2ccc(Cl)cc2Cl)cc1. The van der Waals surface area contributed by atoms with Gasteiger partial charge >= 0.3 is 0 Å². The van der Waals surface area contributed by atoms with Crippen molar-refractivity contribution in [1.29, 1.82) is 0 Å². The van der Waals surface area contributed by atoms with Crippen LogP contribution < -0.4 is 25.4 Å². The molecule has 1 heterocycles. The molecule has 4 N–H and O–H groups in total. The average molecular weight is 718 g/mol. The van der Waals surface area contributed by atoms with Gasteiger partial charge in [-0.15, -0.1) is 12.4 Å². The first-order valence-electron chi connectivity index (χ1n) is 14.9. The zero-order valence-electron chi connectivity index (χ0n) is 25.2. The van der Waals surface area contributed by atoms with E-state index in [1.807, 2.05) is 30.3 Å². The highest BCUT2D eigenvalue weighted by Crippen LogP contribution is 2.35. The summed E-state index contributed by atoms with van der Waals surface area (Å²) in [5.74, 6) is -0.201. The van der Waals surface area contributed by atoms with Gasteiger partial charge in [0.05, 0.1) is 21.5 Å². The van der Waals surface area contributed by atoms with Crippen LogP contribution in [-0.4, -0.2) is 46.4 Å². The van der Waals surface area contributed by atoms with Gasteiger partial charge < -0.3 is 20.7 Å². The van der Waals surface area contributed by atoms with Gasteiger partial charge in [0.15, 0.2) is 5.75 Å². The van der Waals surface area contributed by atoms with Crippen molar-refractivity contribution in [2.24, 2.45) is 5.92 Å². The monoisotopic (exact) mass is 716 g/mol. The summed E-state index contributed by atoms with van der Waals surface area (Å²) >= 11 is 12.2. The first kappa shape index (κ1) is 36.0. The van der Waals surface area contributed by atoms with Crippen LogP contribution in [0.3, 0.4) is 0 Å². The summed E-state index contributed by atoms with van der Waals surface area (Å²) in [7, 11) is -4.05. The fourth-order valence-corrected chi connectivity index (χ4v) is 6.62. The lowest BCUT2D eigenvalue weighted by molar-refractivity contribution is -0.122. The van der Waals surface area contributed by atoms with E-state index in [0.717, 1.165) is 31.5 Å². The van der Waals surface area contributed by atoms with Crippen molar-refractivity contribution in [1.82, 2.24) is 16.0 Å². The molecule has 13 heteroatoms. The number of anilines is 1. The smallest absolute Gasteiger partial charge is 0.262 e. The number of ether oxygens (including phenoxy) is 1. The molecule has 1 unspecified atom stereocenters. The summed E-state index contributed by atoms with van der Waals surface area (Å²) in [5.41, 5.74) is 1.24. The molecule has 0 saturated carbocycles. The number of benzene rings is 4. The first-order chi connectivity index (χ1) is 22.2. The molecule has 2 amide bonds. The lowest BCUT2D eigenvalue weighted by Crippen LogP contribution is -2.41. The number of sulfonamides is 1. The second-order valence-corrected chi connectivity index (χ2v) is 13.4. The number of para-hydroxylation sites is 2. The van der Waals surface area contributed by atoms with Crippen molar-refractivity contribution < 1.29 is 22.7 Å². The average Bonchev–Trinajstić information content (AvgIpc) is 3.07. The molecule has 1 aliphatic rings. The Kier molecular flexibility index (Phi) is 12.9. The van der Waals surface area contributed by atoms with Gasteiger partial charge in [-0.2, -0.15) is 0 Å². The summed E-state index contributed by atoms with van der Waals surface area (Å²) in [4.78, 5) is 26.2. The topological polar surface area (TPSA) is 126 Å². The Morgan fingerprint density at radius 3 is 2.23 bits per heavy atom. The first-order valence-corrected chi connectivity index (χ1v) is 17.1. The summed E-state index contributed by atoms with van der Waals surface area (Å²) in [5, 5.41) is 9.94. The predicted octanol–water partition coefficient (Wildman–Crippen LogP) is 6.64. The van der Waals surface area contributed by atoms with Gasteiger partial charge in [-0.3, -0.25) is 14.3 Å². The fraction of sp³-hybridized carbons (Fsp3) is 0.235. The van der Waals surface area contributed by atoms with Gasteiger partial charge in [-0.05, 0) is 92.0 Å². The molecule has 0 aliphatic carbocycles. The van der Waals surface area contributed by atoms with Crippen LogP contribution in [0.4, 0.5) is 5.69 Å². The number of nitrogens with one attached hydrogen (secondary N) is 4. The highest BCUT2D eigenvalue weighted by atomic mass is 35.5. The van der Waals surface area contributed by atoms with Crippen LogP contribution in [0.15, 0.2) is 102 Å². The second kappa shape index (κ2) is 16.9. The van der Waals surface area contributed by atoms with Crippen molar-refractivity contribution in [3.63, 3.8) is 0 Å². The maximum atomic E-state index is 13.3. The quantitative estimate of drug-likeness (QED) is 0.130. The number of halogens is 3. The van der Waals surface area contributed by atoms with Gasteiger partial charge in [0.1, 0.15) is 5.75 Å². The van der Waals surface area contributed by atoms with E-state index in [0.29, 0.717) is 23.2 Å². The van der Waals surface area contributed by atoms with E-state index >= 15 is 0 Å². The molecule has 248 valence electrons. The van der Waals surface area contributed by atoms with Crippen molar-refractivity contribution in [2.75, 3.05) is 30.9 Å². The van der Waals surface area contributed by atoms with E-state index in [9.17, 15) is 18.0 Å². The molecule has 0 radical (unpaired) electrons. The summed E-state index contributed by atoms with van der Waals surface area (Å²) in [6.07, 6.45) is 2.01. The Labute approximate surface area is 290 Å². The largest absolute Gasteiger partial charge is 0.454 e. The van der Waals surface area contributed by atoms with Crippen molar-refractivity contribution in [3.05, 3.63) is 118 Å². The molecule has 9 nitrogen and oxygen atoms in total. The van der Waals surface area contributed by atoms with Gasteiger partial charge in [0.25, 0.3) is 15.9 Å². The number of carbonyl (C=O) groups is 2. The summed E-state index contributed by atoms with van der Waals surface area (Å²) < 4.78 is 34.9. The van der Waals surface area contributed by atoms with Crippen LogP contribution >= 0.6 is 35.6 Å². The van der Waals surface area contributed by atoms with Crippen LogP contribution in [0.5, 0.6) is 11.5 Å². The van der Waals surface area contributed by atoms with Crippen LogP contribution in [0.1, 0.15) is 34.7 Å². The van der Waals surface area contributed by atoms with Crippen molar-refractivity contribution in [2.45, 2.75) is 23.7 Å². The van der Waals surface area contributed by atoms with Gasteiger partial charge in [0.2, 0.25) is 5.91 Å². The molecule has 0 bridgehead atoms. The molecule has 4 aromatic carbocycles. The molecule has 47 heavy (non-hydrogen) atoms. The molecule has 4 aromatic rings. The van der Waals surface area contributed by atoms with Gasteiger partial charge in [0, 0.05) is 23.7 Å². The van der Waals surface area contributed by atoms with Crippen LogP contribution in [0.2, 0.25) is 10.0 Å². The lowest BCUT2D eigenvalue weighted by atomic mass is 9.95. The Bertz CT molecular complexity index is 1770. The molecule has 0 spiro atoms. The third kappa shape index (κ3) is 9.85. The summed E-state index contributed by atoms with van der Waals surface area (Å²) in [6.45, 7) is 2.55. The molecule has 1 aliphatic heterocycles. The fourth-order valence-electron chi connectivity index (χ4n) is 5.10. The second-order valence-electron chi connectivity index (χ2n) is 10.9. The molecule has 1 fully saturated rings. The Morgan fingerprint density at radius 1 is 0.851 bits per heavy atom. The highest BCUT2D eigenvalue weighted by Gasteiger charge is 2.24. The van der Waals surface area contributed by atoms with E-state index in [1.54, 1.807) is 36.4 Å². The van der Waals surface area contributed by atoms with Crippen LogP contribution in [0, 0.1) is 5.92 Å². The van der Waals surface area contributed by atoms with E-state index in [4.69, 9.17) is 27.9 Å². The maximum absolute atomic E-state index is 13.3. The molecule has 5 rings (SSSR count). The predicted molar refractivity (Wildman–Crippen MR) is 188 cm³/mol. The number of piperidine rings is 1. The third-order valence-corrected chi connectivity index (χ3v) is 9.59.